The Morgan fingerprint density at radius 3 is 2.17 bits per heavy atom. The van der Waals surface area contributed by atoms with E-state index < -0.39 is 28.5 Å². The van der Waals surface area contributed by atoms with Crippen molar-refractivity contribution in [1.29, 1.82) is 0 Å². The third-order valence-electron chi connectivity index (χ3n) is 7.39. The van der Waals surface area contributed by atoms with E-state index in [-0.39, 0.29) is 23.8 Å². The Hall–Kier alpha value is -4.15. The normalized spacial score (nSPS) is 11.8. The molecule has 4 aromatic rings. The molecule has 0 saturated heterocycles. The van der Waals surface area contributed by atoms with Gasteiger partial charge in [-0.25, -0.2) is 8.42 Å². The molecule has 0 saturated carbocycles. The molecule has 0 heterocycles. The summed E-state index contributed by atoms with van der Waals surface area (Å²) in [6.07, 6.45) is 0.983. The molecule has 0 radical (unpaired) electrons. The Balaban J connectivity index is 1.78. The second kappa shape index (κ2) is 16.4. The van der Waals surface area contributed by atoms with E-state index >= 15 is 0 Å². The van der Waals surface area contributed by atoms with Gasteiger partial charge in [0.05, 0.1) is 17.2 Å². The predicted octanol–water partition coefficient (Wildman–Crippen LogP) is 6.52. The number of benzene rings is 4. The molecule has 0 bridgehead atoms. The number of anilines is 1. The fourth-order valence-electron chi connectivity index (χ4n) is 4.99. The van der Waals surface area contributed by atoms with E-state index in [1.54, 1.807) is 36.4 Å². The van der Waals surface area contributed by atoms with Gasteiger partial charge in [0, 0.05) is 24.0 Å². The van der Waals surface area contributed by atoms with E-state index in [1.807, 2.05) is 75.4 Å². The monoisotopic (exact) mass is 705 g/mol. The number of carbonyl (C=O) groups is 2. The summed E-state index contributed by atoms with van der Waals surface area (Å²) >= 11 is 3.51. The first-order valence-corrected chi connectivity index (χ1v) is 17.5. The lowest BCUT2D eigenvalue weighted by Gasteiger charge is -2.34. The number of aryl methyl sites for hydroxylation is 1. The van der Waals surface area contributed by atoms with Crippen molar-refractivity contribution >= 4 is 43.5 Å². The van der Waals surface area contributed by atoms with Crippen molar-refractivity contribution in [3.05, 3.63) is 124 Å². The second-order valence-corrected chi connectivity index (χ2v) is 13.7. The molecule has 0 aliphatic rings. The zero-order valence-electron chi connectivity index (χ0n) is 26.4. The highest BCUT2D eigenvalue weighted by atomic mass is 79.9. The van der Waals surface area contributed by atoms with Gasteiger partial charge in [0.15, 0.2) is 0 Å². The number of hydrogen-bond donors (Lipinski definition) is 1. The lowest BCUT2D eigenvalue weighted by Crippen LogP contribution is -2.53. The number of amides is 2. The zero-order valence-corrected chi connectivity index (χ0v) is 28.8. The molecule has 8 nitrogen and oxygen atoms in total. The first-order valence-electron chi connectivity index (χ1n) is 15.3. The van der Waals surface area contributed by atoms with E-state index in [2.05, 4.69) is 21.2 Å². The van der Waals surface area contributed by atoms with Crippen molar-refractivity contribution < 1.29 is 22.7 Å². The Bertz CT molecular complexity index is 1700. The molecule has 46 heavy (non-hydrogen) atoms. The largest absolute Gasteiger partial charge is 0.494 e. The van der Waals surface area contributed by atoms with Gasteiger partial charge in [-0.2, -0.15) is 0 Å². The molecule has 1 N–H and O–H groups in total. The molecule has 242 valence electrons. The number of hydrogen-bond acceptors (Lipinski definition) is 5. The summed E-state index contributed by atoms with van der Waals surface area (Å²) < 4.78 is 35.9. The summed E-state index contributed by atoms with van der Waals surface area (Å²) in [6.45, 7) is 6.19. The maximum absolute atomic E-state index is 14.5. The van der Waals surface area contributed by atoms with E-state index in [0.29, 0.717) is 24.6 Å². The molecular weight excluding hydrogens is 666 g/mol. The number of nitrogens with one attached hydrogen (secondary N) is 1. The topological polar surface area (TPSA) is 96.0 Å². The molecule has 0 aliphatic carbocycles. The van der Waals surface area contributed by atoms with E-state index in [9.17, 15) is 18.0 Å². The third kappa shape index (κ3) is 9.20. The van der Waals surface area contributed by atoms with Crippen LogP contribution in [-0.4, -0.2) is 50.9 Å². The highest BCUT2D eigenvalue weighted by Gasteiger charge is 2.34. The lowest BCUT2D eigenvalue weighted by molar-refractivity contribution is -0.140. The van der Waals surface area contributed by atoms with Crippen LogP contribution >= 0.6 is 15.9 Å². The van der Waals surface area contributed by atoms with Crippen molar-refractivity contribution in [1.82, 2.24) is 10.2 Å². The zero-order chi connectivity index (χ0) is 33.1. The maximum Gasteiger partial charge on any atom is 0.264 e. The number of carbonyl (C=O) groups excluding carboxylic acids is 2. The van der Waals surface area contributed by atoms with Gasteiger partial charge in [0.2, 0.25) is 11.8 Å². The minimum absolute atomic E-state index is 0.0180. The number of nitrogens with zero attached hydrogens (tertiary/aromatic N) is 2. The number of halogens is 1. The number of sulfonamides is 1. The number of ether oxygens (including phenoxy) is 1. The van der Waals surface area contributed by atoms with Crippen molar-refractivity contribution in [2.75, 3.05) is 24.0 Å². The van der Waals surface area contributed by atoms with Gasteiger partial charge in [-0.15, -0.1) is 0 Å². The van der Waals surface area contributed by atoms with E-state index in [0.717, 1.165) is 31.9 Å². The van der Waals surface area contributed by atoms with Crippen LogP contribution < -0.4 is 14.4 Å². The molecule has 0 spiro atoms. The number of rotatable bonds is 15. The Kier molecular flexibility index (Phi) is 12.4. The molecule has 1 atom stereocenters. The minimum Gasteiger partial charge on any atom is -0.494 e. The van der Waals surface area contributed by atoms with Gasteiger partial charge in [-0.1, -0.05) is 83.0 Å². The average Bonchev–Trinajstić information content (AvgIpc) is 3.05. The van der Waals surface area contributed by atoms with Crippen LogP contribution in [0.2, 0.25) is 0 Å². The summed E-state index contributed by atoms with van der Waals surface area (Å²) in [4.78, 5) is 29.8. The van der Waals surface area contributed by atoms with Crippen LogP contribution in [0.4, 0.5) is 5.69 Å². The van der Waals surface area contributed by atoms with Crippen LogP contribution in [0.25, 0.3) is 0 Å². The summed E-state index contributed by atoms with van der Waals surface area (Å²) in [5, 5.41) is 2.96. The van der Waals surface area contributed by atoms with Gasteiger partial charge < -0.3 is 15.0 Å². The fraction of sp³-hybridized carbons (Fsp3) is 0.278. The molecule has 0 fully saturated rings. The Labute approximate surface area is 280 Å². The van der Waals surface area contributed by atoms with Crippen molar-refractivity contribution in [2.45, 2.75) is 51.1 Å². The maximum atomic E-state index is 14.5. The van der Waals surface area contributed by atoms with Crippen LogP contribution in [0.1, 0.15) is 37.0 Å². The van der Waals surface area contributed by atoms with Gasteiger partial charge >= 0.3 is 0 Å². The Morgan fingerprint density at radius 2 is 1.54 bits per heavy atom. The summed E-state index contributed by atoms with van der Waals surface area (Å²) in [5.41, 5.74) is 2.95. The SMILES string of the molecule is CCCNC(=O)[C@@H](Cc1ccccc1)N(Cc1cccc(Br)c1)C(=O)CN(c1ccc(C)cc1)S(=O)(=O)c1ccc(OCC)cc1. The average molecular weight is 707 g/mol. The molecule has 0 aromatic heterocycles. The van der Waals surface area contributed by atoms with Crippen LogP contribution in [0, 0.1) is 6.92 Å². The summed E-state index contributed by atoms with van der Waals surface area (Å²) in [7, 11) is -4.20. The second-order valence-electron chi connectivity index (χ2n) is 10.9. The van der Waals surface area contributed by atoms with Crippen LogP contribution in [0.15, 0.2) is 112 Å². The van der Waals surface area contributed by atoms with Gasteiger partial charge in [-0.3, -0.25) is 13.9 Å². The smallest absolute Gasteiger partial charge is 0.264 e. The molecule has 10 heteroatoms. The molecule has 2 amide bonds. The van der Waals surface area contributed by atoms with Crippen LogP contribution in [-0.2, 0) is 32.6 Å². The first kappa shape index (κ1) is 34.7. The van der Waals surface area contributed by atoms with Crippen molar-refractivity contribution in [2.24, 2.45) is 0 Å². The van der Waals surface area contributed by atoms with E-state index in [4.69, 9.17) is 4.74 Å². The van der Waals surface area contributed by atoms with Gasteiger partial charge in [0.1, 0.15) is 18.3 Å². The first-order chi connectivity index (χ1) is 22.1. The Morgan fingerprint density at radius 1 is 0.870 bits per heavy atom. The lowest BCUT2D eigenvalue weighted by atomic mass is 10.0. The van der Waals surface area contributed by atoms with Crippen LogP contribution in [0.3, 0.4) is 0 Å². The molecule has 4 rings (SSSR count). The van der Waals surface area contributed by atoms with Crippen molar-refractivity contribution in [3.63, 3.8) is 0 Å². The molecule has 4 aromatic carbocycles. The highest BCUT2D eigenvalue weighted by Crippen LogP contribution is 2.27. The quantitative estimate of drug-likeness (QED) is 0.152. The van der Waals surface area contributed by atoms with Crippen LogP contribution in [0.5, 0.6) is 5.75 Å². The highest BCUT2D eigenvalue weighted by molar-refractivity contribution is 9.10. The summed E-state index contributed by atoms with van der Waals surface area (Å²) in [5.74, 6) is -0.269. The molecule has 0 unspecified atom stereocenters. The van der Waals surface area contributed by atoms with Gasteiger partial charge in [-0.05, 0) is 79.9 Å². The predicted molar refractivity (Wildman–Crippen MR) is 185 cm³/mol. The fourth-order valence-corrected chi connectivity index (χ4v) is 6.85. The third-order valence-corrected chi connectivity index (χ3v) is 9.67. The standard InChI is InChI=1S/C36H40BrN3O5S/c1-4-22-38-36(42)34(24-28-10-7-6-8-11-28)39(25-29-12-9-13-30(37)23-29)35(41)26-40(31-16-14-27(3)15-17-31)46(43,44)33-20-18-32(19-21-33)45-5-2/h6-21,23,34H,4-5,22,24-26H2,1-3H3,(H,38,42)/t34-/m1/s1. The van der Waals surface area contributed by atoms with E-state index in [1.165, 1.54) is 17.0 Å². The molecule has 0 aliphatic heterocycles. The summed E-state index contributed by atoms with van der Waals surface area (Å²) in [6, 6.07) is 29.2. The molecular formula is C36H40BrN3O5S. The van der Waals surface area contributed by atoms with Crippen molar-refractivity contribution in [3.8, 4) is 5.75 Å². The van der Waals surface area contributed by atoms with Gasteiger partial charge in [0.25, 0.3) is 10.0 Å². The minimum atomic E-state index is -4.20.